The third kappa shape index (κ3) is 10.2. The fraction of sp³-hybridized carbons (Fsp3) is 0.714. The Kier molecular flexibility index (Phi) is 7.19. The van der Waals surface area contributed by atoms with Gasteiger partial charge in [0.05, 0.1) is 8.07 Å². The molecule has 0 bridgehead atoms. The van der Waals surface area contributed by atoms with Crippen molar-refractivity contribution in [3.8, 4) is 0 Å². The van der Waals surface area contributed by atoms with Crippen molar-refractivity contribution >= 4 is 8.07 Å². The molecular formula is C7H15LiO2Si. The number of rotatable bonds is 3. The van der Waals surface area contributed by atoms with E-state index in [-0.39, 0.29) is 24.8 Å². The summed E-state index contributed by atoms with van der Waals surface area (Å²) in [5.74, 6) is -0.165. The Morgan fingerprint density at radius 1 is 1.45 bits per heavy atom. The van der Waals surface area contributed by atoms with Crippen molar-refractivity contribution in [2.45, 2.75) is 26.6 Å². The van der Waals surface area contributed by atoms with Crippen LogP contribution in [0.2, 0.25) is 19.6 Å². The molecule has 0 aromatic carbocycles. The summed E-state index contributed by atoms with van der Waals surface area (Å²) in [5, 5.41) is 10.8. The molecule has 0 aromatic rings. The predicted octanol–water partition coefficient (Wildman–Crippen LogP) is -1.89. The monoisotopic (exact) mass is 166 g/mol. The molecule has 60 valence electrons. The van der Waals surface area contributed by atoms with Crippen molar-refractivity contribution in [1.82, 2.24) is 0 Å². The molecule has 0 aliphatic heterocycles. The van der Waals surface area contributed by atoms with Crippen LogP contribution in [-0.4, -0.2) is 14.7 Å². The molecule has 0 heterocycles. The Balaban J connectivity index is 0. The maximum absolute atomic E-state index is 10.8. The zero-order valence-corrected chi connectivity index (χ0v) is 9.10. The molecule has 0 aliphatic carbocycles. The van der Waals surface area contributed by atoms with Gasteiger partial charge in [0.1, 0.15) is 0 Å². The number of ether oxygens (including phenoxy) is 1. The second-order valence-corrected chi connectivity index (χ2v) is 8.28. The van der Waals surface area contributed by atoms with Gasteiger partial charge < -0.3 is 9.84 Å². The topological polar surface area (TPSA) is 32.3 Å². The molecule has 0 unspecified atom stereocenters. The van der Waals surface area contributed by atoms with E-state index in [0.29, 0.717) is 6.61 Å². The second kappa shape index (κ2) is 5.76. The van der Waals surface area contributed by atoms with Gasteiger partial charge in [-0.1, -0.05) is 32.3 Å². The summed E-state index contributed by atoms with van der Waals surface area (Å²) in [6, 6.07) is 0. The van der Waals surface area contributed by atoms with Crippen molar-refractivity contribution < 1.29 is 28.7 Å². The first-order chi connectivity index (χ1) is 4.45. The summed E-state index contributed by atoms with van der Waals surface area (Å²) < 4.78 is 4.76. The maximum Gasteiger partial charge on any atom is 1.00 e. The minimum absolute atomic E-state index is 0. The Morgan fingerprint density at radius 2 is 1.91 bits per heavy atom. The smallest absolute Gasteiger partial charge is 0.614 e. The van der Waals surface area contributed by atoms with Gasteiger partial charge in [0.25, 0.3) is 0 Å². The Morgan fingerprint density at radius 3 is 2.18 bits per heavy atom. The van der Waals surface area contributed by atoms with E-state index < -0.39 is 8.07 Å². The van der Waals surface area contributed by atoms with Crippen LogP contribution in [0.4, 0.5) is 0 Å². The molecule has 0 aromatic heterocycles. The van der Waals surface area contributed by atoms with Gasteiger partial charge in [0.15, 0.2) is 0 Å². The largest absolute Gasteiger partial charge is 1.00 e. The average molecular weight is 166 g/mol. The normalized spacial score (nSPS) is 12.2. The Hall–Kier alpha value is 0.154. The zero-order chi connectivity index (χ0) is 8.20. The van der Waals surface area contributed by atoms with E-state index in [1.54, 1.807) is 5.70 Å². The molecule has 0 radical (unpaired) electrons. The van der Waals surface area contributed by atoms with Crippen LogP contribution in [0, 0.1) is 0 Å². The van der Waals surface area contributed by atoms with Crippen LogP contribution >= 0.6 is 0 Å². The van der Waals surface area contributed by atoms with Crippen LogP contribution in [-0.2, 0) is 4.74 Å². The number of hydrogen-bond acceptors (Lipinski definition) is 2. The van der Waals surface area contributed by atoms with Gasteiger partial charge in [0.2, 0.25) is 0 Å². The molecule has 0 N–H and O–H groups in total. The van der Waals surface area contributed by atoms with Gasteiger partial charge in [-0.05, 0) is 6.61 Å². The van der Waals surface area contributed by atoms with Crippen LogP contribution in [0.5, 0.6) is 0 Å². The molecule has 4 heteroatoms. The van der Waals surface area contributed by atoms with Crippen molar-refractivity contribution in [2.75, 3.05) is 6.61 Å². The van der Waals surface area contributed by atoms with Crippen molar-refractivity contribution in [3.63, 3.8) is 0 Å². The summed E-state index contributed by atoms with van der Waals surface area (Å²) in [5.41, 5.74) is 1.72. The molecule has 0 saturated heterocycles. The third-order valence-electron chi connectivity index (χ3n) is 0.837. The SMILES string of the molecule is CCO/C([O-])=C/[Si](C)(C)C.[Li+]. The standard InChI is InChI=1S/C7H16O2Si.Li/c1-5-9-7(8)6-10(2,3)4;/h6,8H,5H2,1-4H3;/q;+1/p-1/b7-6+;. The Labute approximate surface area is 81.8 Å². The van der Waals surface area contributed by atoms with E-state index in [1.165, 1.54) is 0 Å². The van der Waals surface area contributed by atoms with Gasteiger partial charge in [-0.15, -0.1) is 0 Å². The summed E-state index contributed by atoms with van der Waals surface area (Å²) in [7, 11) is -1.36. The van der Waals surface area contributed by atoms with Crippen LogP contribution in [0.15, 0.2) is 11.6 Å². The minimum atomic E-state index is -1.36. The maximum atomic E-state index is 10.8. The van der Waals surface area contributed by atoms with E-state index >= 15 is 0 Å². The molecule has 0 atom stereocenters. The summed E-state index contributed by atoms with van der Waals surface area (Å²) >= 11 is 0. The van der Waals surface area contributed by atoms with Crippen LogP contribution in [0.3, 0.4) is 0 Å². The van der Waals surface area contributed by atoms with Crippen molar-refractivity contribution in [3.05, 3.63) is 11.6 Å². The van der Waals surface area contributed by atoms with E-state index in [1.807, 2.05) is 6.92 Å². The quantitative estimate of drug-likeness (QED) is 0.362. The molecule has 11 heavy (non-hydrogen) atoms. The van der Waals surface area contributed by atoms with Gasteiger partial charge in [0, 0.05) is 5.95 Å². The molecular weight excluding hydrogens is 151 g/mol. The van der Waals surface area contributed by atoms with Gasteiger partial charge >= 0.3 is 18.9 Å². The van der Waals surface area contributed by atoms with Crippen molar-refractivity contribution in [1.29, 1.82) is 0 Å². The predicted molar refractivity (Wildman–Crippen MR) is 43.1 cm³/mol. The fourth-order valence-corrected chi connectivity index (χ4v) is 1.33. The molecule has 0 saturated carbocycles. The van der Waals surface area contributed by atoms with Gasteiger partial charge in [-0.25, -0.2) is 0 Å². The van der Waals surface area contributed by atoms with E-state index in [9.17, 15) is 5.11 Å². The van der Waals surface area contributed by atoms with Crippen LogP contribution in [0.25, 0.3) is 0 Å². The molecule has 0 aliphatic rings. The molecule has 0 spiro atoms. The Bertz CT molecular complexity index is 129. The fourth-order valence-electron chi connectivity index (χ4n) is 0.537. The van der Waals surface area contributed by atoms with E-state index in [2.05, 4.69) is 19.6 Å². The van der Waals surface area contributed by atoms with E-state index in [4.69, 9.17) is 4.74 Å². The summed E-state index contributed by atoms with van der Waals surface area (Å²) in [6.45, 7) is 8.59. The first kappa shape index (κ1) is 13.7. The average Bonchev–Trinajstić information content (AvgIpc) is 1.59. The van der Waals surface area contributed by atoms with Crippen LogP contribution < -0.4 is 24.0 Å². The molecule has 0 fully saturated rings. The first-order valence-electron chi connectivity index (χ1n) is 3.48. The van der Waals surface area contributed by atoms with Crippen LogP contribution in [0.1, 0.15) is 6.92 Å². The summed E-state index contributed by atoms with van der Waals surface area (Å²) in [4.78, 5) is 0. The zero-order valence-electron chi connectivity index (χ0n) is 8.10. The first-order valence-corrected chi connectivity index (χ1v) is 7.06. The third-order valence-corrected chi connectivity index (χ3v) is 1.94. The molecule has 2 nitrogen and oxygen atoms in total. The minimum Gasteiger partial charge on any atom is -0.614 e. The number of hydrogen-bond donors (Lipinski definition) is 0. The molecule has 0 amide bonds. The van der Waals surface area contributed by atoms with Gasteiger partial charge in [-0.3, -0.25) is 0 Å². The second-order valence-electron chi connectivity index (χ2n) is 3.26. The summed E-state index contributed by atoms with van der Waals surface area (Å²) in [6.07, 6.45) is 0. The van der Waals surface area contributed by atoms with E-state index in [0.717, 1.165) is 0 Å². The van der Waals surface area contributed by atoms with Crippen molar-refractivity contribution in [2.24, 2.45) is 0 Å². The molecule has 0 rings (SSSR count). The van der Waals surface area contributed by atoms with Gasteiger partial charge in [-0.2, -0.15) is 0 Å².